The Morgan fingerprint density at radius 2 is 1.27 bits per heavy atom. The molecule has 1 aliphatic rings. The van der Waals surface area contributed by atoms with Crippen LogP contribution in [0, 0.1) is 10.4 Å². The van der Waals surface area contributed by atoms with Gasteiger partial charge in [-0.2, -0.15) is 0 Å². The lowest BCUT2D eigenvalue weighted by molar-refractivity contribution is -0.838. The smallest absolute Gasteiger partial charge is 0.200 e. The molecule has 0 aliphatic heterocycles. The van der Waals surface area contributed by atoms with Crippen LogP contribution < -0.4 is 10.6 Å². The summed E-state index contributed by atoms with van der Waals surface area (Å²) in [6.07, 6.45) is 0. The highest BCUT2D eigenvalue weighted by atomic mass is 35.5. The average Bonchev–Trinajstić information content (AvgIpc) is 2.67. The second kappa shape index (κ2) is 8.81. The van der Waals surface area contributed by atoms with Crippen molar-refractivity contribution in [1.82, 2.24) is 0 Å². The summed E-state index contributed by atoms with van der Waals surface area (Å²) in [4.78, 5) is 26.9. The lowest BCUT2D eigenvalue weighted by atomic mass is 9.81. The number of nitrogens with one attached hydrogen (secondary N) is 2. The highest BCUT2D eigenvalue weighted by Crippen LogP contribution is 2.44. The van der Waals surface area contributed by atoms with Crippen molar-refractivity contribution in [2.45, 2.75) is 0 Å². The minimum atomic E-state index is -0.697. The first kappa shape index (κ1) is 24.7. The molecule has 2 aromatic rings. The van der Waals surface area contributed by atoms with Crippen molar-refractivity contribution in [3.63, 3.8) is 0 Å². The van der Waals surface area contributed by atoms with Crippen molar-refractivity contribution < 1.29 is 29.1 Å². The van der Waals surface area contributed by atoms with Gasteiger partial charge in [0.15, 0.2) is 0 Å². The van der Waals surface area contributed by atoms with E-state index in [9.17, 15) is 30.2 Å². The second-order valence-electron chi connectivity index (χ2n) is 8.99. The van der Waals surface area contributed by atoms with Gasteiger partial charge in [-0.3, -0.25) is 9.59 Å². The Morgan fingerprint density at radius 1 is 0.818 bits per heavy atom. The summed E-state index contributed by atoms with van der Waals surface area (Å²) in [6.45, 7) is 0.686. The van der Waals surface area contributed by atoms with E-state index >= 15 is 0 Å². The third-order valence-corrected chi connectivity index (χ3v) is 5.56. The number of hydrogen-bond acceptors (Lipinski definition) is 8. The zero-order chi connectivity index (χ0) is 24.7. The van der Waals surface area contributed by atoms with Gasteiger partial charge in [-0.1, -0.05) is 11.6 Å². The molecule has 0 radical (unpaired) electrons. The third-order valence-electron chi connectivity index (χ3n) is 5.27. The normalized spacial score (nSPS) is 13.5. The van der Waals surface area contributed by atoms with Gasteiger partial charge < -0.3 is 40.6 Å². The number of quaternary nitrogens is 2. The van der Waals surface area contributed by atoms with Gasteiger partial charge in [0.1, 0.15) is 11.5 Å². The van der Waals surface area contributed by atoms with Crippen LogP contribution in [0.2, 0.25) is 5.02 Å². The maximum absolute atomic E-state index is 13.5. The fourth-order valence-corrected chi connectivity index (χ4v) is 3.90. The fourth-order valence-electron chi connectivity index (χ4n) is 3.63. The molecule has 33 heavy (non-hydrogen) atoms. The lowest BCUT2D eigenvalue weighted by Gasteiger charge is -2.34. The quantitative estimate of drug-likeness (QED) is 0.219. The second-order valence-corrected chi connectivity index (χ2v) is 9.40. The van der Waals surface area contributed by atoms with Crippen LogP contribution in [0.25, 0.3) is 0 Å². The maximum atomic E-state index is 13.5. The summed E-state index contributed by atoms with van der Waals surface area (Å²) in [5, 5.41) is 50.5. The molecule has 2 aromatic carbocycles. The molecule has 1 aliphatic carbocycles. The van der Waals surface area contributed by atoms with Gasteiger partial charge in [0.05, 0.1) is 87.3 Å². The Bertz CT molecular complexity index is 1120. The van der Waals surface area contributed by atoms with E-state index in [4.69, 9.17) is 11.6 Å². The largest absolute Gasteiger partial charge is 0.633 e. The summed E-state index contributed by atoms with van der Waals surface area (Å²) in [5.41, 5.74) is -0.358. The van der Waals surface area contributed by atoms with Gasteiger partial charge in [0, 0.05) is 5.69 Å². The molecule has 0 heterocycles. The summed E-state index contributed by atoms with van der Waals surface area (Å²) in [5.74, 6) is -2.26. The van der Waals surface area contributed by atoms with Crippen LogP contribution >= 0.6 is 11.6 Å². The molecule has 11 heteroatoms. The van der Waals surface area contributed by atoms with Gasteiger partial charge in [0.2, 0.25) is 11.6 Å². The molecule has 0 spiro atoms. The molecule has 178 valence electrons. The van der Waals surface area contributed by atoms with E-state index in [0.29, 0.717) is 0 Å². The van der Waals surface area contributed by atoms with Crippen molar-refractivity contribution >= 4 is 34.5 Å². The summed E-state index contributed by atoms with van der Waals surface area (Å²) in [6, 6.07) is 3.73. The molecule has 0 unspecified atom stereocenters. The molecule has 0 fully saturated rings. The van der Waals surface area contributed by atoms with Crippen LogP contribution in [0.15, 0.2) is 18.2 Å². The molecule has 0 bridgehead atoms. The van der Waals surface area contributed by atoms with E-state index in [1.807, 2.05) is 0 Å². The van der Waals surface area contributed by atoms with Gasteiger partial charge >= 0.3 is 0 Å². The molecule has 0 atom stereocenters. The van der Waals surface area contributed by atoms with E-state index in [1.165, 1.54) is 34.3 Å². The van der Waals surface area contributed by atoms with Crippen molar-refractivity contribution in [1.29, 1.82) is 0 Å². The molecular formula is C22H27ClN4O6. The first-order valence-corrected chi connectivity index (χ1v) is 10.7. The molecule has 0 amide bonds. The SMILES string of the molecule is C[N+](C)([O-])CCNc1cc(Cl)c(NCC[N+](C)(C)[O-])c2c1C(=O)c1c(O)ccc(O)c1C2=O. The monoisotopic (exact) mass is 478 g/mol. The van der Waals surface area contributed by atoms with Crippen molar-refractivity contribution in [3.05, 3.63) is 55.9 Å². The van der Waals surface area contributed by atoms with E-state index in [1.54, 1.807) is 0 Å². The van der Waals surface area contributed by atoms with Crippen LogP contribution in [0.4, 0.5) is 11.4 Å². The van der Waals surface area contributed by atoms with Crippen molar-refractivity contribution in [2.75, 3.05) is 65.0 Å². The van der Waals surface area contributed by atoms with E-state index in [-0.39, 0.29) is 64.8 Å². The minimum absolute atomic E-state index is 0.0348. The van der Waals surface area contributed by atoms with Gasteiger partial charge in [-0.05, 0) is 18.2 Å². The standard InChI is InChI=1S/C22H27ClN4O6/c1-26(2,32)9-7-24-13-11-12(23)20(25-8-10-27(3,4)33)19-16(13)21(30)17-14(28)5-6-15(29)18(17)22(19)31/h5-6,11,24-25,28-29H,7-10H2,1-4H3. The maximum Gasteiger partial charge on any atom is 0.200 e. The Labute approximate surface area is 196 Å². The van der Waals surface area contributed by atoms with Crippen LogP contribution in [-0.4, -0.2) is 85.4 Å². The number of nitrogens with zero attached hydrogens (tertiary/aromatic N) is 2. The van der Waals surface area contributed by atoms with Crippen molar-refractivity contribution in [2.24, 2.45) is 0 Å². The molecule has 0 saturated heterocycles. The zero-order valence-electron chi connectivity index (χ0n) is 18.9. The number of carbonyl (C=O) groups excluding carboxylic acids is 2. The third kappa shape index (κ3) is 5.21. The number of hydrogen-bond donors (Lipinski definition) is 4. The molecule has 0 aromatic heterocycles. The number of phenolic OH excluding ortho intramolecular Hbond substituents is 2. The van der Waals surface area contributed by atoms with Gasteiger partial charge in [0.25, 0.3) is 0 Å². The van der Waals surface area contributed by atoms with Crippen molar-refractivity contribution in [3.8, 4) is 11.5 Å². The highest BCUT2D eigenvalue weighted by molar-refractivity contribution is 6.39. The number of aromatic hydroxyl groups is 2. The molecular weight excluding hydrogens is 452 g/mol. The number of likely N-dealkylation sites (N-methyl/N-ethyl adjacent to an activating group) is 2. The number of carbonyl (C=O) groups is 2. The van der Waals surface area contributed by atoms with Crippen LogP contribution in [-0.2, 0) is 0 Å². The number of hydroxylamine groups is 6. The van der Waals surface area contributed by atoms with E-state index < -0.39 is 32.4 Å². The summed E-state index contributed by atoms with van der Waals surface area (Å²) < 4.78 is -1.16. The first-order valence-electron chi connectivity index (χ1n) is 10.3. The fraction of sp³-hybridized carbons (Fsp3) is 0.364. The van der Waals surface area contributed by atoms with Gasteiger partial charge in [-0.15, -0.1) is 0 Å². The van der Waals surface area contributed by atoms with Crippen LogP contribution in [0.5, 0.6) is 11.5 Å². The number of anilines is 2. The van der Waals surface area contributed by atoms with E-state index in [0.717, 1.165) is 12.1 Å². The summed E-state index contributed by atoms with van der Waals surface area (Å²) in [7, 11) is 5.87. The Kier molecular flexibility index (Phi) is 6.60. The molecule has 4 N–H and O–H groups in total. The zero-order valence-corrected chi connectivity index (χ0v) is 19.6. The minimum Gasteiger partial charge on any atom is -0.633 e. The lowest BCUT2D eigenvalue weighted by Crippen LogP contribution is -2.37. The van der Waals surface area contributed by atoms with Crippen LogP contribution in [0.1, 0.15) is 31.8 Å². The topological polar surface area (TPSA) is 145 Å². The van der Waals surface area contributed by atoms with Crippen LogP contribution in [0.3, 0.4) is 0 Å². The van der Waals surface area contributed by atoms with E-state index in [2.05, 4.69) is 10.6 Å². The number of benzene rings is 2. The Balaban J connectivity index is 2.15. The number of phenols is 2. The molecule has 3 rings (SSSR count). The number of rotatable bonds is 8. The number of halogens is 1. The number of ketones is 2. The predicted molar refractivity (Wildman–Crippen MR) is 126 cm³/mol. The Morgan fingerprint density at radius 3 is 1.76 bits per heavy atom. The summed E-state index contributed by atoms with van der Waals surface area (Å²) >= 11 is 6.47. The predicted octanol–water partition coefficient (Wildman–Crippen LogP) is 2.50. The molecule has 10 nitrogen and oxygen atoms in total. The average molecular weight is 479 g/mol. The number of fused-ring (bicyclic) bond motifs is 2. The van der Waals surface area contributed by atoms with Gasteiger partial charge in [-0.25, -0.2) is 0 Å². The molecule has 0 saturated carbocycles. The highest BCUT2D eigenvalue weighted by Gasteiger charge is 2.39. The first-order chi connectivity index (χ1) is 15.2. The Hall–Kier alpha value is -2.89.